The second-order valence-corrected chi connectivity index (χ2v) is 7.79. The highest BCUT2D eigenvalue weighted by Gasteiger charge is 2.30. The standard InChI is InChI=1S/C18H26ClN3O4/c1-18(2,3)26-17(25)22-9-7-12(8-10-22)15(23)20-21-16(24)13-5-4-6-14(19)11-13/h4-6,11-12,15,20,23H,7-10H2,1-3H3,(H,21,24). The lowest BCUT2D eigenvalue weighted by molar-refractivity contribution is -0.000603. The van der Waals surface area contributed by atoms with E-state index in [1.807, 2.05) is 20.8 Å². The third-order valence-corrected chi connectivity index (χ3v) is 4.29. The molecule has 0 radical (unpaired) electrons. The minimum absolute atomic E-state index is 0.0756. The van der Waals surface area contributed by atoms with E-state index >= 15 is 0 Å². The van der Waals surface area contributed by atoms with Crippen molar-refractivity contribution in [2.24, 2.45) is 5.92 Å². The van der Waals surface area contributed by atoms with Gasteiger partial charge in [0.25, 0.3) is 5.91 Å². The average molecular weight is 384 g/mol. The number of hydrogen-bond acceptors (Lipinski definition) is 5. The summed E-state index contributed by atoms with van der Waals surface area (Å²) in [6.45, 7) is 6.48. The highest BCUT2D eigenvalue weighted by atomic mass is 35.5. The summed E-state index contributed by atoms with van der Waals surface area (Å²) in [5, 5.41) is 10.7. The monoisotopic (exact) mass is 383 g/mol. The number of ether oxygens (including phenoxy) is 1. The molecule has 1 atom stereocenters. The third kappa shape index (κ3) is 6.16. The van der Waals surface area contributed by atoms with Gasteiger partial charge in [0.15, 0.2) is 0 Å². The lowest BCUT2D eigenvalue weighted by atomic mass is 9.95. The van der Waals surface area contributed by atoms with E-state index in [1.54, 1.807) is 29.2 Å². The molecule has 1 unspecified atom stereocenters. The van der Waals surface area contributed by atoms with Gasteiger partial charge in [0.1, 0.15) is 11.8 Å². The number of aliphatic hydroxyl groups excluding tert-OH is 1. The molecule has 2 rings (SSSR count). The van der Waals surface area contributed by atoms with E-state index in [4.69, 9.17) is 16.3 Å². The van der Waals surface area contributed by atoms with Crippen LogP contribution in [0, 0.1) is 5.92 Å². The first kappa shape index (κ1) is 20.5. The lowest BCUT2D eigenvalue weighted by Gasteiger charge is -2.35. The van der Waals surface area contributed by atoms with Gasteiger partial charge in [-0.05, 0) is 51.8 Å². The fraction of sp³-hybridized carbons (Fsp3) is 0.556. The highest BCUT2D eigenvalue weighted by Crippen LogP contribution is 2.21. The molecule has 1 aliphatic heterocycles. The molecule has 0 bridgehead atoms. The van der Waals surface area contributed by atoms with Gasteiger partial charge < -0.3 is 14.7 Å². The number of halogens is 1. The first-order valence-electron chi connectivity index (χ1n) is 8.63. The Balaban J connectivity index is 1.77. The van der Waals surface area contributed by atoms with Gasteiger partial charge in [-0.2, -0.15) is 0 Å². The molecule has 1 aromatic carbocycles. The predicted molar refractivity (Wildman–Crippen MR) is 98.6 cm³/mol. The zero-order valence-electron chi connectivity index (χ0n) is 15.3. The molecule has 26 heavy (non-hydrogen) atoms. The molecule has 144 valence electrons. The van der Waals surface area contributed by atoms with Crippen LogP contribution in [0.15, 0.2) is 24.3 Å². The molecule has 1 aliphatic rings. The second kappa shape index (κ2) is 8.70. The molecule has 1 saturated heterocycles. The summed E-state index contributed by atoms with van der Waals surface area (Å²) < 4.78 is 5.35. The Kier molecular flexibility index (Phi) is 6.86. The fourth-order valence-electron chi connectivity index (χ4n) is 2.68. The van der Waals surface area contributed by atoms with Crippen molar-refractivity contribution in [1.29, 1.82) is 0 Å². The van der Waals surface area contributed by atoms with E-state index in [-0.39, 0.29) is 17.9 Å². The number of hydrogen-bond donors (Lipinski definition) is 3. The Morgan fingerprint density at radius 3 is 2.54 bits per heavy atom. The Bertz CT molecular complexity index is 640. The van der Waals surface area contributed by atoms with E-state index in [9.17, 15) is 14.7 Å². The molecule has 1 aromatic rings. The van der Waals surface area contributed by atoms with E-state index in [0.717, 1.165) is 0 Å². The maximum absolute atomic E-state index is 12.0. The number of rotatable bonds is 4. The fourth-order valence-corrected chi connectivity index (χ4v) is 2.87. The molecule has 0 aliphatic carbocycles. The van der Waals surface area contributed by atoms with Gasteiger partial charge in [-0.25, -0.2) is 10.2 Å². The molecule has 0 saturated carbocycles. The summed E-state index contributed by atoms with van der Waals surface area (Å²) in [5.41, 5.74) is 4.99. The second-order valence-electron chi connectivity index (χ2n) is 7.36. The van der Waals surface area contributed by atoms with E-state index < -0.39 is 11.8 Å². The lowest BCUT2D eigenvalue weighted by Crippen LogP contribution is -2.51. The SMILES string of the molecule is CC(C)(C)OC(=O)N1CCC(C(O)NNC(=O)c2cccc(Cl)c2)CC1. The number of carbonyl (C=O) groups is 2. The molecule has 1 heterocycles. The molecule has 1 fully saturated rings. The molecule has 0 spiro atoms. The smallest absolute Gasteiger partial charge is 0.410 e. The topological polar surface area (TPSA) is 90.9 Å². The molecular weight excluding hydrogens is 358 g/mol. The van der Waals surface area contributed by atoms with Crippen LogP contribution >= 0.6 is 11.6 Å². The van der Waals surface area contributed by atoms with Gasteiger partial charge >= 0.3 is 6.09 Å². The molecule has 0 aromatic heterocycles. The van der Waals surface area contributed by atoms with Gasteiger partial charge in [-0.15, -0.1) is 0 Å². The van der Waals surface area contributed by atoms with Crippen molar-refractivity contribution in [2.45, 2.75) is 45.4 Å². The summed E-state index contributed by atoms with van der Waals surface area (Å²) in [5.74, 6) is -0.453. The number of likely N-dealkylation sites (tertiary alicyclic amines) is 1. The summed E-state index contributed by atoms with van der Waals surface area (Å²) in [7, 11) is 0. The predicted octanol–water partition coefficient (Wildman–Crippen LogP) is 2.54. The number of nitrogens with zero attached hydrogens (tertiary/aromatic N) is 1. The molecular formula is C18H26ClN3O4. The van der Waals surface area contributed by atoms with Crippen molar-refractivity contribution >= 4 is 23.6 Å². The van der Waals surface area contributed by atoms with Crippen molar-refractivity contribution in [3.05, 3.63) is 34.9 Å². The quantitative estimate of drug-likeness (QED) is 0.549. The number of amides is 2. The number of piperidine rings is 1. The van der Waals surface area contributed by atoms with E-state index in [1.165, 1.54) is 0 Å². The minimum atomic E-state index is -0.904. The number of carbonyl (C=O) groups excluding carboxylic acids is 2. The Hall–Kier alpha value is -1.83. The molecule has 8 heteroatoms. The Morgan fingerprint density at radius 2 is 1.96 bits per heavy atom. The molecule has 7 nitrogen and oxygen atoms in total. The van der Waals surface area contributed by atoms with Crippen LogP contribution in [0.1, 0.15) is 44.0 Å². The Labute approximate surface area is 158 Å². The van der Waals surface area contributed by atoms with Crippen molar-refractivity contribution in [3.63, 3.8) is 0 Å². The number of nitrogens with one attached hydrogen (secondary N) is 2. The molecule has 2 amide bonds. The van der Waals surface area contributed by atoms with Gasteiger partial charge in [0.2, 0.25) is 0 Å². The maximum Gasteiger partial charge on any atom is 0.410 e. The summed E-state index contributed by atoms with van der Waals surface area (Å²) in [4.78, 5) is 25.7. The summed E-state index contributed by atoms with van der Waals surface area (Å²) in [6.07, 6.45) is -0.0208. The number of hydrazine groups is 1. The van der Waals surface area contributed by atoms with Crippen molar-refractivity contribution in [1.82, 2.24) is 15.8 Å². The minimum Gasteiger partial charge on any atom is -0.444 e. The molecule has 3 N–H and O–H groups in total. The van der Waals surface area contributed by atoms with Gasteiger partial charge in [-0.1, -0.05) is 17.7 Å². The number of aliphatic hydroxyl groups is 1. The summed E-state index contributed by atoms with van der Waals surface area (Å²) in [6, 6.07) is 6.54. The van der Waals surface area contributed by atoms with E-state index in [2.05, 4.69) is 10.9 Å². The van der Waals surface area contributed by atoms with Crippen LogP contribution < -0.4 is 10.9 Å². The normalized spacial score (nSPS) is 16.9. The first-order valence-corrected chi connectivity index (χ1v) is 9.01. The van der Waals surface area contributed by atoms with Crippen LogP contribution in [0.25, 0.3) is 0 Å². The van der Waals surface area contributed by atoms with Crippen LogP contribution in [-0.2, 0) is 4.74 Å². The average Bonchev–Trinajstić information content (AvgIpc) is 2.58. The Morgan fingerprint density at radius 1 is 1.31 bits per heavy atom. The number of benzene rings is 1. The third-order valence-electron chi connectivity index (χ3n) is 4.06. The van der Waals surface area contributed by atoms with Gasteiger partial charge in [0, 0.05) is 29.6 Å². The van der Waals surface area contributed by atoms with Gasteiger partial charge in [0.05, 0.1) is 0 Å². The van der Waals surface area contributed by atoms with Gasteiger partial charge in [-0.3, -0.25) is 10.2 Å². The highest BCUT2D eigenvalue weighted by molar-refractivity contribution is 6.30. The van der Waals surface area contributed by atoms with Crippen LogP contribution in [-0.4, -0.2) is 46.9 Å². The zero-order chi connectivity index (χ0) is 19.3. The van der Waals surface area contributed by atoms with E-state index in [0.29, 0.717) is 36.5 Å². The maximum atomic E-state index is 12.0. The first-order chi connectivity index (χ1) is 12.2. The van der Waals surface area contributed by atoms with Crippen LogP contribution in [0.5, 0.6) is 0 Å². The van der Waals surface area contributed by atoms with Crippen LogP contribution in [0.2, 0.25) is 5.02 Å². The van der Waals surface area contributed by atoms with Crippen molar-refractivity contribution < 1.29 is 19.4 Å². The van der Waals surface area contributed by atoms with Crippen LogP contribution in [0.4, 0.5) is 4.79 Å². The zero-order valence-corrected chi connectivity index (χ0v) is 16.0. The largest absolute Gasteiger partial charge is 0.444 e. The van der Waals surface area contributed by atoms with Crippen LogP contribution in [0.3, 0.4) is 0 Å². The van der Waals surface area contributed by atoms with Crippen molar-refractivity contribution in [2.75, 3.05) is 13.1 Å². The summed E-state index contributed by atoms with van der Waals surface area (Å²) >= 11 is 5.86. The van der Waals surface area contributed by atoms with Crippen molar-refractivity contribution in [3.8, 4) is 0 Å².